The van der Waals surface area contributed by atoms with Crippen LogP contribution < -0.4 is 0 Å². The van der Waals surface area contributed by atoms with Crippen LogP contribution in [0.15, 0.2) is 0 Å². The van der Waals surface area contributed by atoms with Crippen LogP contribution in [0.4, 0.5) is 26.3 Å². The van der Waals surface area contributed by atoms with Crippen molar-refractivity contribution in [2.45, 2.75) is 57.5 Å². The molecule has 0 fully saturated rings. The Morgan fingerprint density at radius 3 is 1.71 bits per heavy atom. The monoisotopic (exact) mass is 266 g/mol. The van der Waals surface area contributed by atoms with E-state index in [1.54, 1.807) is 6.92 Å². The molecule has 1 unspecified atom stereocenters. The van der Waals surface area contributed by atoms with Crippen LogP contribution >= 0.6 is 0 Å². The highest BCUT2D eigenvalue weighted by atomic mass is 19.4. The Morgan fingerprint density at radius 1 is 1.00 bits per heavy atom. The Morgan fingerprint density at radius 2 is 1.41 bits per heavy atom. The van der Waals surface area contributed by atoms with E-state index in [0.717, 1.165) is 0 Å². The average Bonchev–Trinajstić information content (AvgIpc) is 2.10. The maximum absolute atomic E-state index is 12.3. The van der Waals surface area contributed by atoms with Crippen molar-refractivity contribution in [3.63, 3.8) is 0 Å². The fraction of sp³-hybridized carbons (Fsp3) is 1.00. The molecule has 0 aromatic heterocycles. The maximum atomic E-state index is 12.3. The van der Waals surface area contributed by atoms with Crippen LogP contribution in [0.3, 0.4) is 0 Å². The molecule has 0 aromatic rings. The van der Waals surface area contributed by atoms with Gasteiger partial charge in [0.25, 0.3) is 5.60 Å². The lowest BCUT2D eigenvalue weighted by Gasteiger charge is -2.34. The van der Waals surface area contributed by atoms with Gasteiger partial charge in [-0.2, -0.15) is 26.3 Å². The van der Waals surface area contributed by atoms with Crippen LogP contribution in [0.1, 0.15) is 39.5 Å². The molecule has 0 radical (unpaired) electrons. The fourth-order valence-corrected chi connectivity index (χ4v) is 1.55. The molecule has 0 saturated heterocycles. The quantitative estimate of drug-likeness (QED) is 0.744. The van der Waals surface area contributed by atoms with Gasteiger partial charge in [0, 0.05) is 0 Å². The summed E-state index contributed by atoms with van der Waals surface area (Å²) < 4.78 is 73.9. The Kier molecular flexibility index (Phi) is 5.31. The molecular formula is C10H16F6O. The van der Waals surface area contributed by atoms with Gasteiger partial charge >= 0.3 is 12.4 Å². The number of rotatable bonds is 5. The van der Waals surface area contributed by atoms with Crippen LogP contribution in [-0.4, -0.2) is 23.1 Å². The van der Waals surface area contributed by atoms with E-state index in [-0.39, 0.29) is 6.42 Å². The molecule has 1 N–H and O–H groups in total. The minimum absolute atomic E-state index is 0.227. The molecule has 0 rings (SSSR count). The number of hydrogen-bond acceptors (Lipinski definition) is 1. The van der Waals surface area contributed by atoms with Gasteiger partial charge in [-0.3, -0.25) is 0 Å². The largest absolute Gasteiger partial charge is 0.426 e. The normalized spacial score (nSPS) is 16.1. The number of halogens is 6. The first-order valence-corrected chi connectivity index (χ1v) is 5.31. The summed E-state index contributed by atoms with van der Waals surface area (Å²) in [4.78, 5) is 0. The first-order valence-electron chi connectivity index (χ1n) is 5.31. The second kappa shape index (κ2) is 5.46. The molecule has 0 amide bonds. The first-order chi connectivity index (χ1) is 7.45. The highest BCUT2D eigenvalue weighted by molar-refractivity contribution is 4.94. The minimum Gasteiger partial charge on any atom is -0.374 e. The molecule has 17 heavy (non-hydrogen) atoms. The van der Waals surface area contributed by atoms with Gasteiger partial charge < -0.3 is 5.11 Å². The fourth-order valence-electron chi connectivity index (χ4n) is 1.55. The van der Waals surface area contributed by atoms with Crippen molar-refractivity contribution in [1.82, 2.24) is 0 Å². The molecule has 0 heterocycles. The summed E-state index contributed by atoms with van der Waals surface area (Å²) in [6.07, 6.45) is -11.3. The molecule has 0 aliphatic heterocycles. The first kappa shape index (κ1) is 16.5. The zero-order valence-corrected chi connectivity index (χ0v) is 9.62. The Bertz CT molecular complexity index is 218. The van der Waals surface area contributed by atoms with E-state index in [1.807, 2.05) is 0 Å². The van der Waals surface area contributed by atoms with E-state index < -0.39 is 30.3 Å². The molecule has 0 aliphatic rings. The van der Waals surface area contributed by atoms with Crippen LogP contribution in [0, 0.1) is 5.92 Å². The van der Waals surface area contributed by atoms with E-state index in [0.29, 0.717) is 12.8 Å². The lowest BCUT2D eigenvalue weighted by atomic mass is 9.87. The van der Waals surface area contributed by atoms with Gasteiger partial charge in [0.2, 0.25) is 0 Å². The molecule has 0 bridgehead atoms. The van der Waals surface area contributed by atoms with Gasteiger partial charge in [-0.25, -0.2) is 0 Å². The summed E-state index contributed by atoms with van der Waals surface area (Å²) in [5.74, 6) is -0.844. The van der Waals surface area contributed by atoms with Crippen molar-refractivity contribution in [3.05, 3.63) is 0 Å². The van der Waals surface area contributed by atoms with Crippen molar-refractivity contribution in [3.8, 4) is 0 Å². The highest BCUT2D eigenvalue weighted by Crippen LogP contribution is 2.47. The molecule has 104 valence electrons. The van der Waals surface area contributed by atoms with Crippen LogP contribution in [-0.2, 0) is 0 Å². The third-order valence-electron chi connectivity index (χ3n) is 2.63. The van der Waals surface area contributed by atoms with Crippen molar-refractivity contribution in [2.24, 2.45) is 5.92 Å². The zero-order valence-electron chi connectivity index (χ0n) is 9.62. The lowest BCUT2D eigenvalue weighted by Crippen LogP contribution is -2.57. The van der Waals surface area contributed by atoms with Crippen molar-refractivity contribution in [1.29, 1.82) is 0 Å². The molecule has 7 heteroatoms. The Labute approximate surface area is 95.8 Å². The van der Waals surface area contributed by atoms with Gasteiger partial charge in [0.05, 0.1) is 0 Å². The molecule has 0 aliphatic carbocycles. The van der Waals surface area contributed by atoms with Gasteiger partial charge in [-0.15, -0.1) is 0 Å². The predicted octanol–water partition coefficient (Wildman–Crippen LogP) is 4.06. The van der Waals surface area contributed by atoms with Gasteiger partial charge in [-0.05, 0) is 12.3 Å². The lowest BCUT2D eigenvalue weighted by molar-refractivity contribution is -0.372. The second-order valence-corrected chi connectivity index (χ2v) is 4.31. The molecule has 1 nitrogen and oxygen atoms in total. The van der Waals surface area contributed by atoms with Gasteiger partial charge in [0.1, 0.15) is 0 Å². The summed E-state index contributed by atoms with van der Waals surface area (Å²) in [7, 11) is 0. The second-order valence-electron chi connectivity index (χ2n) is 4.31. The van der Waals surface area contributed by atoms with E-state index >= 15 is 0 Å². The molecule has 0 aromatic carbocycles. The number of aliphatic hydroxyl groups is 1. The van der Waals surface area contributed by atoms with E-state index in [2.05, 4.69) is 0 Å². The topological polar surface area (TPSA) is 20.2 Å². The summed E-state index contributed by atoms with van der Waals surface area (Å²) >= 11 is 0. The zero-order chi connectivity index (χ0) is 13.9. The molecular weight excluding hydrogens is 250 g/mol. The SMILES string of the molecule is CCCCC(C)CC(O)(C(F)(F)F)C(F)(F)F. The van der Waals surface area contributed by atoms with E-state index in [9.17, 15) is 26.3 Å². The van der Waals surface area contributed by atoms with Crippen molar-refractivity contribution in [2.75, 3.05) is 0 Å². The summed E-state index contributed by atoms with van der Waals surface area (Å²) in [6, 6.07) is 0. The third-order valence-corrected chi connectivity index (χ3v) is 2.63. The van der Waals surface area contributed by atoms with Gasteiger partial charge in [0.15, 0.2) is 0 Å². The van der Waals surface area contributed by atoms with Crippen molar-refractivity contribution >= 4 is 0 Å². The van der Waals surface area contributed by atoms with Gasteiger partial charge in [-0.1, -0.05) is 33.1 Å². The average molecular weight is 266 g/mol. The molecule has 0 saturated carbocycles. The summed E-state index contributed by atoms with van der Waals surface area (Å²) in [5, 5.41) is 8.90. The van der Waals surface area contributed by atoms with Crippen molar-refractivity contribution < 1.29 is 31.4 Å². The van der Waals surface area contributed by atoms with Crippen LogP contribution in [0.5, 0.6) is 0 Å². The molecule has 1 atom stereocenters. The smallest absolute Gasteiger partial charge is 0.374 e. The highest BCUT2D eigenvalue weighted by Gasteiger charge is 2.70. The minimum atomic E-state index is -5.70. The maximum Gasteiger partial charge on any atom is 0.426 e. The standard InChI is InChI=1S/C10H16F6O/c1-3-4-5-7(2)6-8(17,9(11,12)13)10(14,15)16/h7,17H,3-6H2,1-2H3. The number of alkyl halides is 6. The third kappa shape index (κ3) is 4.04. The molecule has 0 spiro atoms. The van der Waals surface area contributed by atoms with Crippen LogP contribution in [0.25, 0.3) is 0 Å². The van der Waals surface area contributed by atoms with E-state index in [4.69, 9.17) is 5.11 Å². The summed E-state index contributed by atoms with van der Waals surface area (Å²) in [5.41, 5.74) is -4.60. The van der Waals surface area contributed by atoms with Crippen LogP contribution in [0.2, 0.25) is 0 Å². The predicted molar refractivity (Wildman–Crippen MR) is 50.4 cm³/mol. The Balaban J connectivity index is 4.86. The Hall–Kier alpha value is -0.460. The number of hydrogen-bond donors (Lipinski definition) is 1. The van der Waals surface area contributed by atoms with E-state index in [1.165, 1.54) is 6.92 Å². The summed E-state index contributed by atoms with van der Waals surface area (Å²) in [6.45, 7) is 3.06. The number of unbranched alkanes of at least 4 members (excludes halogenated alkanes) is 1.